The summed E-state index contributed by atoms with van der Waals surface area (Å²) < 4.78 is 0. The van der Waals surface area contributed by atoms with Crippen molar-refractivity contribution in [3.63, 3.8) is 0 Å². The number of carboxylic acids is 1. The molecule has 0 heterocycles. The fourth-order valence-corrected chi connectivity index (χ4v) is 3.29. The molecule has 0 saturated heterocycles. The molecule has 1 aliphatic rings. The average Bonchev–Trinajstić information content (AvgIpc) is 3.38. The van der Waals surface area contributed by atoms with Gasteiger partial charge in [0, 0.05) is 17.2 Å². The van der Waals surface area contributed by atoms with Crippen molar-refractivity contribution in [1.82, 2.24) is 5.32 Å². The van der Waals surface area contributed by atoms with Crippen LogP contribution in [0.2, 0.25) is 0 Å². The zero-order valence-corrected chi connectivity index (χ0v) is 15.9. The molecule has 2 aromatic rings. The summed E-state index contributed by atoms with van der Waals surface area (Å²) in [7, 11) is 0. The van der Waals surface area contributed by atoms with Crippen LogP contribution < -0.4 is 10.6 Å². The van der Waals surface area contributed by atoms with Gasteiger partial charge in [0.15, 0.2) is 0 Å². The summed E-state index contributed by atoms with van der Waals surface area (Å²) in [4.78, 5) is 36.1. The number of aliphatic carboxylic acids is 1. The molecule has 2 aromatic carbocycles. The van der Waals surface area contributed by atoms with Crippen molar-refractivity contribution in [3.8, 4) is 0 Å². The lowest BCUT2D eigenvalue weighted by Gasteiger charge is -2.19. The van der Waals surface area contributed by atoms with E-state index < -0.39 is 12.0 Å². The third kappa shape index (κ3) is 4.76. The molecule has 146 valence electrons. The van der Waals surface area contributed by atoms with Crippen molar-refractivity contribution in [2.45, 2.75) is 32.7 Å². The summed E-state index contributed by atoms with van der Waals surface area (Å²) in [6.07, 6.45) is 0.673. The molecule has 28 heavy (non-hydrogen) atoms. The SMILES string of the molecule is Cc1ccccc1C(CC(=O)O)NC(=O)c1cccc(NC(=O)C2CC2C)c1. The summed E-state index contributed by atoms with van der Waals surface area (Å²) in [5.41, 5.74) is 2.60. The summed E-state index contributed by atoms with van der Waals surface area (Å²) in [5.74, 6) is -0.969. The smallest absolute Gasteiger partial charge is 0.305 e. The number of nitrogens with one attached hydrogen (secondary N) is 2. The summed E-state index contributed by atoms with van der Waals surface area (Å²) in [6.45, 7) is 3.91. The quantitative estimate of drug-likeness (QED) is 0.685. The largest absolute Gasteiger partial charge is 0.481 e. The normalized spacial score (nSPS) is 18.8. The van der Waals surface area contributed by atoms with Gasteiger partial charge in [-0.05, 0) is 48.6 Å². The standard InChI is InChI=1S/C22H24N2O4/c1-13-6-3-4-9-17(13)19(12-20(25)26)24-21(27)15-7-5-8-16(11-15)23-22(28)18-10-14(18)2/h3-9,11,14,18-19H,10,12H2,1-2H3,(H,23,28)(H,24,27)(H,25,26). The van der Waals surface area contributed by atoms with Gasteiger partial charge in [0.2, 0.25) is 5.91 Å². The first-order chi connectivity index (χ1) is 13.3. The molecule has 1 saturated carbocycles. The van der Waals surface area contributed by atoms with Crippen molar-refractivity contribution in [1.29, 1.82) is 0 Å². The first-order valence-corrected chi connectivity index (χ1v) is 9.34. The third-order valence-electron chi connectivity index (χ3n) is 5.09. The maximum Gasteiger partial charge on any atom is 0.305 e. The van der Waals surface area contributed by atoms with Crippen molar-refractivity contribution in [2.24, 2.45) is 11.8 Å². The molecule has 6 heteroatoms. The van der Waals surface area contributed by atoms with Gasteiger partial charge in [-0.15, -0.1) is 0 Å². The molecule has 2 amide bonds. The zero-order valence-electron chi connectivity index (χ0n) is 15.9. The molecule has 3 atom stereocenters. The van der Waals surface area contributed by atoms with E-state index >= 15 is 0 Å². The van der Waals surface area contributed by atoms with Crippen molar-refractivity contribution < 1.29 is 19.5 Å². The number of carboxylic acid groups (broad SMARTS) is 1. The van der Waals surface area contributed by atoms with Crippen LogP contribution in [0.25, 0.3) is 0 Å². The second-order valence-corrected chi connectivity index (χ2v) is 7.37. The second kappa shape index (κ2) is 8.25. The van der Waals surface area contributed by atoms with Crippen LogP contribution in [0, 0.1) is 18.8 Å². The molecule has 6 nitrogen and oxygen atoms in total. The maximum atomic E-state index is 12.7. The Hall–Kier alpha value is -3.15. The van der Waals surface area contributed by atoms with Crippen LogP contribution >= 0.6 is 0 Å². The van der Waals surface area contributed by atoms with Crippen molar-refractivity contribution >= 4 is 23.5 Å². The average molecular weight is 380 g/mol. The number of rotatable bonds is 7. The molecule has 0 aromatic heterocycles. The topological polar surface area (TPSA) is 95.5 Å². The molecule has 1 aliphatic carbocycles. The van der Waals surface area contributed by atoms with Gasteiger partial charge in [-0.3, -0.25) is 14.4 Å². The molecule has 3 rings (SSSR count). The summed E-state index contributed by atoms with van der Waals surface area (Å²) in [6, 6.07) is 13.4. The Morgan fingerprint density at radius 2 is 1.86 bits per heavy atom. The van der Waals surface area contributed by atoms with Crippen LogP contribution in [0.5, 0.6) is 0 Å². The number of amides is 2. The monoisotopic (exact) mass is 380 g/mol. The molecule has 0 aliphatic heterocycles. The molecule has 3 unspecified atom stereocenters. The van der Waals surface area contributed by atoms with Crippen molar-refractivity contribution in [3.05, 3.63) is 65.2 Å². The van der Waals surface area contributed by atoms with E-state index in [1.54, 1.807) is 24.3 Å². The van der Waals surface area contributed by atoms with Crippen LogP contribution in [-0.4, -0.2) is 22.9 Å². The van der Waals surface area contributed by atoms with E-state index in [2.05, 4.69) is 10.6 Å². The Morgan fingerprint density at radius 1 is 1.14 bits per heavy atom. The lowest BCUT2D eigenvalue weighted by atomic mass is 9.98. The van der Waals surface area contributed by atoms with Gasteiger partial charge in [0.1, 0.15) is 0 Å². The van der Waals surface area contributed by atoms with Crippen molar-refractivity contribution in [2.75, 3.05) is 5.32 Å². The molecule has 1 fully saturated rings. The predicted molar refractivity (Wildman–Crippen MR) is 106 cm³/mol. The Balaban J connectivity index is 1.74. The summed E-state index contributed by atoms with van der Waals surface area (Å²) in [5, 5.41) is 14.9. The number of hydrogen-bond acceptors (Lipinski definition) is 3. The van der Waals surface area contributed by atoms with Crippen LogP contribution in [0.4, 0.5) is 5.69 Å². The van der Waals surface area contributed by atoms with Crippen LogP contribution in [0.3, 0.4) is 0 Å². The number of anilines is 1. The Bertz CT molecular complexity index is 909. The first kappa shape index (κ1) is 19.6. The molecule has 0 radical (unpaired) electrons. The Labute approximate surface area is 164 Å². The Morgan fingerprint density at radius 3 is 2.50 bits per heavy atom. The van der Waals surface area contributed by atoms with Crippen LogP contribution in [-0.2, 0) is 9.59 Å². The molecular formula is C22H24N2O4. The lowest BCUT2D eigenvalue weighted by Crippen LogP contribution is -2.30. The van der Waals surface area contributed by atoms with E-state index in [1.165, 1.54) is 0 Å². The predicted octanol–water partition coefficient (Wildman–Crippen LogP) is 3.54. The van der Waals surface area contributed by atoms with E-state index in [0.717, 1.165) is 17.5 Å². The van der Waals surface area contributed by atoms with Gasteiger partial charge in [0.25, 0.3) is 5.91 Å². The van der Waals surface area contributed by atoms with Gasteiger partial charge in [-0.1, -0.05) is 37.3 Å². The third-order valence-corrected chi connectivity index (χ3v) is 5.09. The minimum Gasteiger partial charge on any atom is -0.481 e. The van der Waals surface area contributed by atoms with Gasteiger partial charge in [-0.25, -0.2) is 0 Å². The Kier molecular flexibility index (Phi) is 5.78. The molecular weight excluding hydrogens is 356 g/mol. The van der Waals surface area contributed by atoms with Gasteiger partial charge in [0.05, 0.1) is 12.5 Å². The van der Waals surface area contributed by atoms with E-state index in [1.807, 2.05) is 38.1 Å². The highest BCUT2D eigenvalue weighted by Crippen LogP contribution is 2.38. The number of benzene rings is 2. The highest BCUT2D eigenvalue weighted by molar-refractivity contribution is 5.98. The van der Waals surface area contributed by atoms with E-state index in [-0.39, 0.29) is 24.2 Å². The molecule has 3 N–H and O–H groups in total. The lowest BCUT2D eigenvalue weighted by molar-refractivity contribution is -0.137. The van der Waals surface area contributed by atoms with Crippen LogP contribution in [0.1, 0.15) is 47.3 Å². The van der Waals surface area contributed by atoms with Crippen LogP contribution in [0.15, 0.2) is 48.5 Å². The second-order valence-electron chi connectivity index (χ2n) is 7.37. The van der Waals surface area contributed by atoms with E-state index in [9.17, 15) is 19.5 Å². The number of hydrogen-bond donors (Lipinski definition) is 3. The summed E-state index contributed by atoms with van der Waals surface area (Å²) >= 11 is 0. The molecule has 0 bridgehead atoms. The number of carbonyl (C=O) groups excluding carboxylic acids is 2. The fraction of sp³-hybridized carbons (Fsp3) is 0.318. The van der Waals surface area contributed by atoms with Gasteiger partial charge in [-0.2, -0.15) is 0 Å². The van der Waals surface area contributed by atoms with E-state index in [4.69, 9.17) is 0 Å². The number of aryl methyl sites for hydroxylation is 1. The number of carbonyl (C=O) groups is 3. The highest BCUT2D eigenvalue weighted by Gasteiger charge is 2.39. The molecule has 0 spiro atoms. The minimum absolute atomic E-state index is 0.0336. The first-order valence-electron chi connectivity index (χ1n) is 9.34. The van der Waals surface area contributed by atoms with E-state index in [0.29, 0.717) is 17.2 Å². The minimum atomic E-state index is -0.992. The van der Waals surface area contributed by atoms with Gasteiger partial charge >= 0.3 is 5.97 Å². The van der Waals surface area contributed by atoms with Gasteiger partial charge < -0.3 is 15.7 Å². The maximum absolute atomic E-state index is 12.7. The zero-order chi connectivity index (χ0) is 20.3. The fourth-order valence-electron chi connectivity index (χ4n) is 3.29. The highest BCUT2D eigenvalue weighted by atomic mass is 16.4.